The van der Waals surface area contributed by atoms with Crippen LogP contribution in [0.1, 0.15) is 56.6 Å². The van der Waals surface area contributed by atoms with E-state index in [1.54, 1.807) is 7.05 Å². The van der Waals surface area contributed by atoms with Crippen molar-refractivity contribution in [3.05, 3.63) is 35.4 Å². The Kier molecular flexibility index (Phi) is 3.82. The van der Waals surface area contributed by atoms with Gasteiger partial charge >= 0.3 is 0 Å². The number of rotatable bonds is 3. The third kappa shape index (κ3) is 2.50. The Morgan fingerprint density at radius 2 is 1.85 bits per heavy atom. The maximum absolute atomic E-state index is 13.2. The summed E-state index contributed by atoms with van der Waals surface area (Å²) in [5.74, 6) is 0.457. The number of amides is 1. The molecule has 1 aromatic carbocycles. The van der Waals surface area contributed by atoms with E-state index in [4.69, 9.17) is 5.41 Å². The maximum atomic E-state index is 13.2. The second kappa shape index (κ2) is 5.83. The molecule has 0 radical (unpaired) electrons. The highest BCUT2D eigenvalue weighted by Gasteiger charge is 2.54. The molecule has 26 heavy (non-hydrogen) atoms. The van der Waals surface area contributed by atoms with Crippen LogP contribution in [0.3, 0.4) is 0 Å². The van der Waals surface area contributed by atoms with Crippen LogP contribution >= 0.6 is 0 Å². The fourth-order valence-corrected chi connectivity index (χ4v) is 4.76. The van der Waals surface area contributed by atoms with Gasteiger partial charge in [0.2, 0.25) is 5.91 Å². The summed E-state index contributed by atoms with van der Waals surface area (Å²) in [5, 5.41) is 16.0. The highest BCUT2D eigenvalue weighted by Crippen LogP contribution is 2.43. The van der Waals surface area contributed by atoms with Crippen molar-refractivity contribution in [1.29, 1.82) is 5.41 Å². The van der Waals surface area contributed by atoms with E-state index in [-0.39, 0.29) is 29.7 Å². The normalized spacial score (nSPS) is 34.4. The predicted molar refractivity (Wildman–Crippen MR) is 102 cm³/mol. The smallest absolute Gasteiger partial charge is 0.238 e. The summed E-state index contributed by atoms with van der Waals surface area (Å²) in [6.07, 6.45) is 2.53. The van der Waals surface area contributed by atoms with Crippen molar-refractivity contribution in [2.24, 2.45) is 11.0 Å². The number of benzene rings is 1. The van der Waals surface area contributed by atoms with E-state index in [1.807, 2.05) is 6.92 Å². The number of nitrogens with one attached hydrogen (secondary N) is 3. The Morgan fingerprint density at radius 1 is 1.23 bits per heavy atom. The first-order valence-electron chi connectivity index (χ1n) is 9.37. The first-order valence-corrected chi connectivity index (χ1v) is 9.37. The van der Waals surface area contributed by atoms with E-state index >= 15 is 0 Å². The number of hydrogen-bond donors (Lipinski definition) is 3. The van der Waals surface area contributed by atoms with Crippen LogP contribution in [-0.4, -0.2) is 41.1 Å². The summed E-state index contributed by atoms with van der Waals surface area (Å²) in [6.45, 7) is 6.13. The second-order valence-electron chi connectivity index (χ2n) is 8.18. The van der Waals surface area contributed by atoms with Gasteiger partial charge in [0.05, 0.1) is 17.5 Å². The van der Waals surface area contributed by atoms with Gasteiger partial charge in [-0.1, -0.05) is 24.3 Å². The largest absolute Gasteiger partial charge is 0.349 e. The lowest BCUT2D eigenvalue weighted by molar-refractivity contribution is -0.132. The third-order valence-corrected chi connectivity index (χ3v) is 6.26. The standard InChI is InChI=1S/C20H27N5O/c1-11-16(12(2)24-23-11)20(3)17(18(26)25(4)19(21)22-20)15-9-7-14(8-10-15)13-5-6-13/h7-11,13,16-17,23H,5-6H2,1-4H3,(H2,21,22)/t11?,16?,17-,20+/m0/s1. The van der Waals surface area contributed by atoms with Crippen LogP contribution in [0, 0.1) is 11.3 Å². The number of carbonyl (C=O) groups is 1. The lowest BCUT2D eigenvalue weighted by atomic mass is 9.67. The number of carbonyl (C=O) groups excluding carboxylic acids is 1. The summed E-state index contributed by atoms with van der Waals surface area (Å²) in [5.41, 5.74) is 5.86. The Bertz CT molecular complexity index is 782. The van der Waals surface area contributed by atoms with E-state index in [2.05, 4.69) is 54.0 Å². The first kappa shape index (κ1) is 17.1. The van der Waals surface area contributed by atoms with Crippen LogP contribution in [0.4, 0.5) is 0 Å². The minimum absolute atomic E-state index is 0.0219. The van der Waals surface area contributed by atoms with Gasteiger partial charge in [0, 0.05) is 18.7 Å². The second-order valence-corrected chi connectivity index (χ2v) is 8.18. The fraction of sp³-hybridized carbons (Fsp3) is 0.550. The van der Waals surface area contributed by atoms with E-state index in [0.29, 0.717) is 5.92 Å². The molecule has 3 aliphatic rings. The Labute approximate surface area is 154 Å². The molecule has 1 aliphatic carbocycles. The highest BCUT2D eigenvalue weighted by atomic mass is 16.2. The van der Waals surface area contributed by atoms with Crippen LogP contribution in [-0.2, 0) is 4.79 Å². The Hall–Kier alpha value is -2.37. The zero-order valence-electron chi connectivity index (χ0n) is 15.8. The molecule has 2 fully saturated rings. The molecule has 138 valence electrons. The molecule has 0 bridgehead atoms. The number of hydrazone groups is 1. The van der Waals surface area contributed by atoms with Gasteiger partial charge in [-0.15, -0.1) is 0 Å². The molecule has 2 aliphatic heterocycles. The first-order chi connectivity index (χ1) is 12.3. The summed E-state index contributed by atoms with van der Waals surface area (Å²) in [7, 11) is 1.67. The van der Waals surface area contributed by atoms with Crippen LogP contribution < -0.4 is 10.7 Å². The molecule has 1 saturated carbocycles. The van der Waals surface area contributed by atoms with Crippen LogP contribution in [0.25, 0.3) is 0 Å². The van der Waals surface area contributed by atoms with Gasteiger partial charge in [-0.2, -0.15) is 5.10 Å². The molecule has 4 rings (SSSR count). The van der Waals surface area contributed by atoms with E-state index < -0.39 is 5.54 Å². The van der Waals surface area contributed by atoms with Crippen molar-refractivity contribution < 1.29 is 4.79 Å². The van der Waals surface area contributed by atoms with Gasteiger partial charge in [-0.3, -0.25) is 15.1 Å². The van der Waals surface area contributed by atoms with Crippen LogP contribution in [0.5, 0.6) is 0 Å². The average molecular weight is 353 g/mol. The average Bonchev–Trinajstić information content (AvgIpc) is 3.38. The number of nitrogens with zero attached hydrogens (tertiary/aromatic N) is 2. The topological polar surface area (TPSA) is 80.6 Å². The molecule has 0 aromatic heterocycles. The zero-order valence-corrected chi connectivity index (χ0v) is 15.8. The van der Waals surface area contributed by atoms with Gasteiger partial charge in [-0.05, 0) is 50.7 Å². The van der Waals surface area contributed by atoms with Crippen LogP contribution in [0.15, 0.2) is 29.4 Å². The Balaban J connectivity index is 1.77. The lowest BCUT2D eigenvalue weighted by Gasteiger charge is -2.49. The molecular formula is C20H27N5O. The van der Waals surface area contributed by atoms with Crippen molar-refractivity contribution in [3.63, 3.8) is 0 Å². The molecule has 1 saturated heterocycles. The highest BCUT2D eigenvalue weighted by molar-refractivity contribution is 6.04. The van der Waals surface area contributed by atoms with Crippen molar-refractivity contribution in [2.75, 3.05) is 7.05 Å². The summed E-state index contributed by atoms with van der Waals surface area (Å²) < 4.78 is 0. The molecule has 3 N–H and O–H groups in total. The molecule has 6 nitrogen and oxygen atoms in total. The third-order valence-electron chi connectivity index (χ3n) is 6.26. The van der Waals surface area contributed by atoms with Gasteiger partial charge in [0.15, 0.2) is 5.96 Å². The number of hydrogen-bond acceptors (Lipinski definition) is 4. The van der Waals surface area contributed by atoms with E-state index in [1.165, 1.54) is 23.3 Å². The molecule has 1 amide bonds. The quantitative estimate of drug-likeness (QED) is 0.780. The fourth-order valence-electron chi connectivity index (χ4n) is 4.76. The Morgan fingerprint density at radius 3 is 2.38 bits per heavy atom. The SMILES string of the molecule is CC1=NNC(C)C1[C@@]1(C)NC(=N)N(C)C(=O)[C@@H]1c1ccc(C2CC2)cc1. The lowest BCUT2D eigenvalue weighted by Crippen LogP contribution is -2.69. The van der Waals surface area contributed by atoms with E-state index in [0.717, 1.165) is 11.3 Å². The summed E-state index contributed by atoms with van der Waals surface area (Å²) >= 11 is 0. The molecule has 1 aromatic rings. The molecule has 2 heterocycles. The maximum Gasteiger partial charge on any atom is 0.238 e. The summed E-state index contributed by atoms with van der Waals surface area (Å²) in [6, 6.07) is 8.62. The molecule has 0 spiro atoms. The summed E-state index contributed by atoms with van der Waals surface area (Å²) in [4.78, 5) is 14.7. The minimum atomic E-state index is -0.613. The zero-order chi connectivity index (χ0) is 18.6. The van der Waals surface area contributed by atoms with Gasteiger partial charge in [0.1, 0.15) is 0 Å². The number of guanidine groups is 1. The van der Waals surface area contributed by atoms with Gasteiger partial charge in [-0.25, -0.2) is 0 Å². The van der Waals surface area contributed by atoms with Crippen molar-refractivity contribution >= 4 is 17.6 Å². The van der Waals surface area contributed by atoms with Crippen molar-refractivity contribution in [2.45, 2.75) is 57.0 Å². The molecular weight excluding hydrogens is 326 g/mol. The van der Waals surface area contributed by atoms with E-state index in [9.17, 15) is 4.79 Å². The minimum Gasteiger partial charge on any atom is -0.349 e. The predicted octanol–water partition coefficient (Wildman–Crippen LogP) is 2.39. The molecule has 2 unspecified atom stereocenters. The van der Waals surface area contributed by atoms with Gasteiger partial charge < -0.3 is 10.7 Å². The van der Waals surface area contributed by atoms with Crippen LogP contribution in [0.2, 0.25) is 0 Å². The number of likely N-dealkylation sites (N-methyl/N-ethyl adjacent to an activating group) is 1. The molecule has 6 heteroatoms. The van der Waals surface area contributed by atoms with Gasteiger partial charge in [0.25, 0.3) is 0 Å². The van der Waals surface area contributed by atoms with Crippen molar-refractivity contribution in [1.82, 2.24) is 15.6 Å². The molecule has 4 atom stereocenters. The monoisotopic (exact) mass is 353 g/mol. The van der Waals surface area contributed by atoms with Crippen molar-refractivity contribution in [3.8, 4) is 0 Å².